The highest BCUT2D eigenvalue weighted by Gasteiger charge is 2.13. The molecule has 88 valence electrons. The van der Waals surface area contributed by atoms with Crippen LogP contribution in [-0.4, -0.2) is 20.1 Å². The summed E-state index contributed by atoms with van der Waals surface area (Å²) >= 11 is 0. The van der Waals surface area contributed by atoms with Crippen LogP contribution >= 0.6 is 0 Å². The van der Waals surface area contributed by atoms with Gasteiger partial charge in [0.2, 0.25) is 15.9 Å². The summed E-state index contributed by atoms with van der Waals surface area (Å²) in [7, 11) is -3.45. The monoisotopic (exact) mass is 241 g/mol. The molecule has 0 saturated heterocycles. The third-order valence-electron chi connectivity index (χ3n) is 1.95. The number of hydrogen-bond acceptors (Lipinski definition) is 3. The summed E-state index contributed by atoms with van der Waals surface area (Å²) in [6.45, 7) is 1.75. The van der Waals surface area contributed by atoms with Crippen LogP contribution in [0.4, 0.5) is 0 Å². The lowest BCUT2D eigenvalue weighted by atomic mass is 10.1. The van der Waals surface area contributed by atoms with Crippen LogP contribution in [-0.2, 0) is 21.2 Å². The molecule has 1 rings (SSSR count). The second kappa shape index (κ2) is 5.65. The summed E-state index contributed by atoms with van der Waals surface area (Å²) in [6.07, 6.45) is 0.581. The van der Waals surface area contributed by atoms with Crippen molar-refractivity contribution in [2.24, 2.45) is 0 Å². The van der Waals surface area contributed by atoms with Crippen LogP contribution in [0.2, 0.25) is 0 Å². The molecule has 0 aliphatic heterocycles. The summed E-state index contributed by atoms with van der Waals surface area (Å²) < 4.78 is 24.6. The standard InChI is InChI=1S/C11H15NO3S/c1-2-8-16(14,15)12-11(13)9-10-6-4-3-5-7-10/h3-7H,2,8-9H2,1H3,(H,12,13). The van der Waals surface area contributed by atoms with Crippen LogP contribution in [0.25, 0.3) is 0 Å². The van der Waals surface area contributed by atoms with E-state index in [2.05, 4.69) is 0 Å². The van der Waals surface area contributed by atoms with Gasteiger partial charge < -0.3 is 0 Å². The van der Waals surface area contributed by atoms with Crippen molar-refractivity contribution < 1.29 is 13.2 Å². The Labute approximate surface area is 95.7 Å². The van der Waals surface area contributed by atoms with Crippen molar-refractivity contribution in [2.45, 2.75) is 19.8 Å². The molecule has 1 N–H and O–H groups in total. The zero-order valence-corrected chi connectivity index (χ0v) is 9.96. The van der Waals surface area contributed by atoms with E-state index in [0.29, 0.717) is 6.42 Å². The first-order valence-corrected chi connectivity index (χ1v) is 6.76. The first-order valence-electron chi connectivity index (χ1n) is 5.11. The minimum absolute atomic E-state index is 0.0203. The first kappa shape index (κ1) is 12.7. The molecule has 0 aromatic heterocycles. The number of rotatable bonds is 5. The van der Waals surface area contributed by atoms with Crippen molar-refractivity contribution in [3.05, 3.63) is 35.9 Å². The quantitative estimate of drug-likeness (QED) is 0.839. The molecule has 1 amide bonds. The second-order valence-electron chi connectivity index (χ2n) is 3.51. The van der Waals surface area contributed by atoms with Crippen molar-refractivity contribution >= 4 is 15.9 Å². The lowest BCUT2D eigenvalue weighted by Gasteiger charge is -2.05. The van der Waals surface area contributed by atoms with E-state index >= 15 is 0 Å². The Hall–Kier alpha value is -1.36. The molecule has 0 spiro atoms. The van der Waals surface area contributed by atoms with E-state index in [0.717, 1.165) is 5.56 Å². The van der Waals surface area contributed by atoms with E-state index in [1.807, 2.05) is 22.9 Å². The number of nitrogens with one attached hydrogen (secondary N) is 1. The Morgan fingerprint density at radius 2 is 1.88 bits per heavy atom. The minimum atomic E-state index is -3.45. The van der Waals surface area contributed by atoms with E-state index in [-0.39, 0.29) is 12.2 Å². The smallest absolute Gasteiger partial charge is 0.237 e. The van der Waals surface area contributed by atoms with Gasteiger partial charge in [-0.2, -0.15) is 0 Å². The molecular weight excluding hydrogens is 226 g/mol. The molecule has 0 unspecified atom stereocenters. The van der Waals surface area contributed by atoms with Crippen LogP contribution in [0, 0.1) is 0 Å². The van der Waals surface area contributed by atoms with E-state index in [9.17, 15) is 13.2 Å². The lowest BCUT2D eigenvalue weighted by molar-refractivity contribution is -0.118. The van der Waals surface area contributed by atoms with Gasteiger partial charge in [-0.3, -0.25) is 9.52 Å². The molecule has 0 atom stereocenters. The number of carbonyl (C=O) groups excluding carboxylic acids is 1. The average Bonchev–Trinajstić information content (AvgIpc) is 2.17. The van der Waals surface area contributed by atoms with E-state index in [1.54, 1.807) is 19.1 Å². The van der Waals surface area contributed by atoms with E-state index < -0.39 is 15.9 Å². The predicted octanol–water partition coefficient (Wildman–Crippen LogP) is 1.09. The molecule has 5 heteroatoms. The summed E-state index contributed by atoms with van der Waals surface area (Å²) in [5, 5.41) is 0. The van der Waals surface area contributed by atoms with Crippen LogP contribution < -0.4 is 4.72 Å². The summed E-state index contributed by atoms with van der Waals surface area (Å²) in [5.41, 5.74) is 0.798. The maximum atomic E-state index is 11.4. The van der Waals surface area contributed by atoms with Crippen molar-refractivity contribution in [2.75, 3.05) is 5.75 Å². The Kier molecular flexibility index (Phi) is 4.49. The number of hydrogen-bond donors (Lipinski definition) is 1. The Morgan fingerprint density at radius 3 is 2.44 bits per heavy atom. The second-order valence-corrected chi connectivity index (χ2v) is 5.35. The predicted molar refractivity (Wildman–Crippen MR) is 62.4 cm³/mol. The van der Waals surface area contributed by atoms with Gasteiger partial charge in [0.1, 0.15) is 0 Å². The SMILES string of the molecule is CCCS(=O)(=O)NC(=O)Cc1ccccc1. The zero-order valence-electron chi connectivity index (χ0n) is 9.14. The maximum Gasteiger partial charge on any atom is 0.237 e. The third-order valence-corrected chi connectivity index (χ3v) is 3.43. The largest absolute Gasteiger partial charge is 0.274 e. The van der Waals surface area contributed by atoms with Crippen LogP contribution in [0.3, 0.4) is 0 Å². The molecule has 16 heavy (non-hydrogen) atoms. The highest BCUT2D eigenvalue weighted by molar-refractivity contribution is 7.90. The Balaban J connectivity index is 2.55. The zero-order chi connectivity index (χ0) is 12.0. The Bertz CT molecular complexity index is 440. The van der Waals surface area contributed by atoms with Crippen LogP contribution in [0.1, 0.15) is 18.9 Å². The first-order chi connectivity index (χ1) is 7.53. The molecule has 0 aliphatic carbocycles. The lowest BCUT2D eigenvalue weighted by Crippen LogP contribution is -2.33. The molecule has 0 fully saturated rings. The van der Waals surface area contributed by atoms with Gasteiger partial charge in [0, 0.05) is 0 Å². The van der Waals surface area contributed by atoms with Crippen molar-refractivity contribution in [3.63, 3.8) is 0 Å². The van der Waals surface area contributed by atoms with Gasteiger partial charge in [-0.15, -0.1) is 0 Å². The van der Waals surface area contributed by atoms with Crippen LogP contribution in [0.5, 0.6) is 0 Å². The molecule has 0 heterocycles. The minimum Gasteiger partial charge on any atom is -0.274 e. The van der Waals surface area contributed by atoms with Gasteiger partial charge in [-0.05, 0) is 12.0 Å². The van der Waals surface area contributed by atoms with Gasteiger partial charge >= 0.3 is 0 Å². The molecule has 0 aliphatic rings. The van der Waals surface area contributed by atoms with Gasteiger partial charge in [0.15, 0.2) is 0 Å². The number of sulfonamides is 1. The summed E-state index contributed by atoms with van der Waals surface area (Å²) in [6, 6.07) is 9.03. The number of carbonyl (C=O) groups is 1. The van der Waals surface area contributed by atoms with Gasteiger partial charge in [-0.25, -0.2) is 8.42 Å². The number of benzene rings is 1. The van der Waals surface area contributed by atoms with Gasteiger partial charge in [0.05, 0.1) is 12.2 Å². The molecule has 4 nitrogen and oxygen atoms in total. The molecule has 0 saturated carbocycles. The van der Waals surface area contributed by atoms with Crippen LogP contribution in [0.15, 0.2) is 30.3 Å². The maximum absolute atomic E-state index is 11.4. The topological polar surface area (TPSA) is 63.2 Å². The molecular formula is C11H15NO3S. The average molecular weight is 241 g/mol. The molecule has 1 aromatic carbocycles. The fraction of sp³-hybridized carbons (Fsp3) is 0.364. The normalized spacial score (nSPS) is 11.1. The molecule has 1 aromatic rings. The van der Waals surface area contributed by atoms with E-state index in [4.69, 9.17) is 0 Å². The van der Waals surface area contributed by atoms with Crippen molar-refractivity contribution in [1.29, 1.82) is 0 Å². The van der Waals surface area contributed by atoms with E-state index in [1.165, 1.54) is 0 Å². The third kappa shape index (κ3) is 4.44. The fourth-order valence-corrected chi connectivity index (χ4v) is 2.37. The molecule has 0 bridgehead atoms. The van der Waals surface area contributed by atoms with Crippen molar-refractivity contribution in [1.82, 2.24) is 4.72 Å². The molecule has 0 radical (unpaired) electrons. The van der Waals surface area contributed by atoms with Gasteiger partial charge in [-0.1, -0.05) is 37.3 Å². The summed E-state index contributed by atoms with van der Waals surface area (Å²) in [5.74, 6) is -0.507. The van der Waals surface area contributed by atoms with Gasteiger partial charge in [0.25, 0.3) is 0 Å². The fourth-order valence-electron chi connectivity index (χ4n) is 1.31. The highest BCUT2D eigenvalue weighted by Crippen LogP contribution is 2.00. The number of amides is 1. The summed E-state index contributed by atoms with van der Waals surface area (Å²) in [4.78, 5) is 11.4. The Morgan fingerprint density at radius 1 is 1.25 bits per heavy atom. The highest BCUT2D eigenvalue weighted by atomic mass is 32.2. The van der Waals surface area contributed by atoms with Crippen molar-refractivity contribution in [3.8, 4) is 0 Å².